The third kappa shape index (κ3) is 3.74. The highest BCUT2D eigenvalue weighted by Gasteiger charge is 2.20. The highest BCUT2D eigenvalue weighted by molar-refractivity contribution is 6.10. The summed E-state index contributed by atoms with van der Waals surface area (Å²) in [6, 6.07) is 27.6. The second-order valence-corrected chi connectivity index (χ2v) is 7.60. The van der Waals surface area contributed by atoms with E-state index in [2.05, 4.69) is 101 Å². The number of piperazine rings is 1. The Morgan fingerprint density at radius 3 is 2.14 bits per heavy atom. The molecule has 0 saturated carbocycles. The number of hydrogen-bond donors (Lipinski definition) is 0. The smallest absolute Gasteiger partial charge is 0.137 e. The molecule has 0 N–H and O–H groups in total. The second kappa shape index (κ2) is 8.06. The zero-order chi connectivity index (χ0) is 19.5. The molecule has 144 valence electrons. The van der Waals surface area contributed by atoms with Crippen LogP contribution in [-0.2, 0) is 0 Å². The summed E-state index contributed by atoms with van der Waals surface area (Å²) in [6.45, 7) is 5.13. The molecule has 0 aliphatic carbocycles. The lowest BCUT2D eigenvalue weighted by Gasteiger charge is -2.35. The number of anilines is 1. The highest BCUT2D eigenvalue weighted by Crippen LogP contribution is 2.31. The summed E-state index contributed by atoms with van der Waals surface area (Å²) in [5.74, 6) is 1.12. The van der Waals surface area contributed by atoms with Crippen molar-refractivity contribution in [3.05, 3.63) is 90.5 Å². The molecule has 3 heteroatoms. The Bertz CT molecular complexity index is 1140. The van der Waals surface area contributed by atoms with Crippen molar-refractivity contribution >= 4 is 33.6 Å². The van der Waals surface area contributed by atoms with Crippen molar-refractivity contribution in [1.82, 2.24) is 9.88 Å². The van der Waals surface area contributed by atoms with Gasteiger partial charge in [-0.25, -0.2) is 4.98 Å². The predicted molar refractivity (Wildman–Crippen MR) is 123 cm³/mol. The van der Waals surface area contributed by atoms with Gasteiger partial charge in [0.25, 0.3) is 0 Å². The third-order valence-corrected chi connectivity index (χ3v) is 5.73. The van der Waals surface area contributed by atoms with E-state index in [0.29, 0.717) is 0 Å². The molecule has 3 nitrogen and oxygen atoms in total. The SMILES string of the molecule is C(=C\c1ccccc1)/CN1CCN(c2nc3ccccc3c3ccccc23)CC1. The number of benzene rings is 3. The van der Waals surface area contributed by atoms with Crippen LogP contribution in [0.4, 0.5) is 5.82 Å². The van der Waals surface area contributed by atoms with E-state index in [0.717, 1.165) is 44.1 Å². The molecule has 0 spiro atoms. The Morgan fingerprint density at radius 1 is 0.690 bits per heavy atom. The fourth-order valence-electron chi connectivity index (χ4n) is 4.17. The standard InChI is InChI=1S/C26H25N3/c1-2-9-21(10-3-1)11-8-16-28-17-19-29(20-18-28)26-24-14-5-4-12-22(24)23-13-6-7-15-25(23)27-26/h1-15H,16-20H2/b11-8+. The molecule has 4 aromatic rings. The Labute approximate surface area is 171 Å². The van der Waals surface area contributed by atoms with E-state index in [9.17, 15) is 0 Å². The van der Waals surface area contributed by atoms with Crippen molar-refractivity contribution in [3.8, 4) is 0 Å². The van der Waals surface area contributed by atoms with E-state index >= 15 is 0 Å². The number of rotatable bonds is 4. The fourth-order valence-corrected chi connectivity index (χ4v) is 4.17. The van der Waals surface area contributed by atoms with E-state index in [4.69, 9.17) is 4.98 Å². The van der Waals surface area contributed by atoms with E-state index in [1.807, 2.05) is 0 Å². The van der Waals surface area contributed by atoms with Gasteiger partial charge in [-0.05, 0) is 17.0 Å². The first kappa shape index (κ1) is 17.9. The molecular weight excluding hydrogens is 354 g/mol. The van der Waals surface area contributed by atoms with Crippen LogP contribution in [0.2, 0.25) is 0 Å². The molecule has 2 heterocycles. The van der Waals surface area contributed by atoms with Crippen LogP contribution in [0.3, 0.4) is 0 Å². The molecule has 1 aliphatic rings. The van der Waals surface area contributed by atoms with Crippen LogP contribution in [0.25, 0.3) is 27.8 Å². The topological polar surface area (TPSA) is 19.4 Å². The molecule has 1 saturated heterocycles. The lowest BCUT2D eigenvalue weighted by atomic mass is 10.1. The van der Waals surface area contributed by atoms with E-state index in [1.54, 1.807) is 0 Å². The van der Waals surface area contributed by atoms with E-state index in [-0.39, 0.29) is 0 Å². The zero-order valence-corrected chi connectivity index (χ0v) is 16.5. The predicted octanol–water partition coefficient (Wildman–Crippen LogP) is 5.22. The molecule has 0 atom stereocenters. The Hall–Kier alpha value is -3.17. The largest absolute Gasteiger partial charge is 0.354 e. The van der Waals surface area contributed by atoms with Gasteiger partial charge >= 0.3 is 0 Å². The van der Waals surface area contributed by atoms with Crippen molar-refractivity contribution in [3.63, 3.8) is 0 Å². The molecule has 0 bridgehead atoms. The summed E-state index contributed by atoms with van der Waals surface area (Å²) < 4.78 is 0. The molecule has 0 amide bonds. The van der Waals surface area contributed by atoms with Gasteiger partial charge in [0, 0.05) is 43.5 Å². The molecule has 0 radical (unpaired) electrons. The molecule has 29 heavy (non-hydrogen) atoms. The zero-order valence-electron chi connectivity index (χ0n) is 16.5. The molecule has 1 aliphatic heterocycles. The van der Waals surface area contributed by atoms with Gasteiger partial charge in [-0.2, -0.15) is 0 Å². The van der Waals surface area contributed by atoms with Gasteiger partial charge in [0.15, 0.2) is 0 Å². The van der Waals surface area contributed by atoms with Crippen LogP contribution in [0.1, 0.15) is 5.56 Å². The molecule has 1 aromatic heterocycles. The molecule has 0 unspecified atom stereocenters. The number of fused-ring (bicyclic) bond motifs is 3. The highest BCUT2D eigenvalue weighted by atomic mass is 15.3. The average Bonchev–Trinajstić information content (AvgIpc) is 2.80. The Balaban J connectivity index is 1.33. The number of para-hydroxylation sites is 1. The van der Waals surface area contributed by atoms with Crippen molar-refractivity contribution in [1.29, 1.82) is 0 Å². The lowest BCUT2D eigenvalue weighted by Crippen LogP contribution is -2.46. The summed E-state index contributed by atoms with van der Waals surface area (Å²) in [7, 11) is 0. The van der Waals surface area contributed by atoms with Gasteiger partial charge in [0.1, 0.15) is 5.82 Å². The fraction of sp³-hybridized carbons (Fsp3) is 0.192. The first-order chi connectivity index (χ1) is 14.4. The van der Waals surface area contributed by atoms with Crippen LogP contribution < -0.4 is 4.90 Å². The summed E-state index contributed by atoms with van der Waals surface area (Å²) in [6.07, 6.45) is 4.49. The van der Waals surface area contributed by atoms with Crippen molar-refractivity contribution < 1.29 is 0 Å². The number of hydrogen-bond acceptors (Lipinski definition) is 3. The van der Waals surface area contributed by atoms with Gasteiger partial charge in [0.05, 0.1) is 5.52 Å². The maximum absolute atomic E-state index is 5.05. The summed E-state index contributed by atoms with van der Waals surface area (Å²) >= 11 is 0. The molecule has 1 fully saturated rings. The number of nitrogens with zero attached hydrogens (tertiary/aromatic N) is 3. The lowest BCUT2D eigenvalue weighted by molar-refractivity contribution is 0.284. The first-order valence-electron chi connectivity index (χ1n) is 10.3. The quantitative estimate of drug-likeness (QED) is 0.453. The van der Waals surface area contributed by atoms with Crippen LogP contribution in [0, 0.1) is 0 Å². The number of pyridine rings is 1. The van der Waals surface area contributed by atoms with Gasteiger partial charge in [-0.15, -0.1) is 0 Å². The van der Waals surface area contributed by atoms with Gasteiger partial charge in [-0.1, -0.05) is 84.9 Å². The van der Waals surface area contributed by atoms with Crippen LogP contribution in [0.5, 0.6) is 0 Å². The monoisotopic (exact) mass is 379 g/mol. The van der Waals surface area contributed by atoms with Crippen LogP contribution >= 0.6 is 0 Å². The van der Waals surface area contributed by atoms with E-state index in [1.165, 1.54) is 21.7 Å². The second-order valence-electron chi connectivity index (χ2n) is 7.60. The maximum Gasteiger partial charge on any atom is 0.137 e. The van der Waals surface area contributed by atoms with Crippen molar-refractivity contribution in [2.45, 2.75) is 0 Å². The maximum atomic E-state index is 5.05. The van der Waals surface area contributed by atoms with Gasteiger partial charge in [-0.3, -0.25) is 4.90 Å². The minimum atomic E-state index is 0.995. The van der Waals surface area contributed by atoms with Crippen LogP contribution in [-0.4, -0.2) is 42.6 Å². The summed E-state index contributed by atoms with van der Waals surface area (Å²) in [5, 5.41) is 3.78. The Morgan fingerprint density at radius 2 is 1.34 bits per heavy atom. The van der Waals surface area contributed by atoms with Gasteiger partial charge in [0.2, 0.25) is 0 Å². The minimum Gasteiger partial charge on any atom is -0.354 e. The van der Waals surface area contributed by atoms with Crippen molar-refractivity contribution in [2.75, 3.05) is 37.6 Å². The molecule has 3 aromatic carbocycles. The third-order valence-electron chi connectivity index (χ3n) is 5.73. The Kier molecular flexibility index (Phi) is 4.97. The van der Waals surface area contributed by atoms with Gasteiger partial charge < -0.3 is 4.90 Å². The first-order valence-corrected chi connectivity index (χ1v) is 10.3. The summed E-state index contributed by atoms with van der Waals surface area (Å²) in [4.78, 5) is 10.0. The number of aromatic nitrogens is 1. The molecule has 5 rings (SSSR count). The average molecular weight is 380 g/mol. The normalized spacial score (nSPS) is 15.5. The van der Waals surface area contributed by atoms with Crippen LogP contribution in [0.15, 0.2) is 84.9 Å². The molecular formula is C26H25N3. The minimum absolute atomic E-state index is 0.995. The van der Waals surface area contributed by atoms with E-state index < -0.39 is 0 Å². The summed E-state index contributed by atoms with van der Waals surface area (Å²) in [5.41, 5.74) is 2.34. The van der Waals surface area contributed by atoms with Crippen molar-refractivity contribution in [2.24, 2.45) is 0 Å².